The molecule has 0 radical (unpaired) electrons. The van der Waals surface area contributed by atoms with E-state index < -0.39 is 0 Å². The van der Waals surface area contributed by atoms with Crippen LogP contribution in [0.3, 0.4) is 0 Å². The second kappa shape index (κ2) is 14.2. The molecule has 0 amide bonds. The van der Waals surface area contributed by atoms with Gasteiger partial charge < -0.3 is 0 Å². The van der Waals surface area contributed by atoms with Gasteiger partial charge in [-0.3, -0.25) is 0 Å². The van der Waals surface area contributed by atoms with E-state index in [1.54, 1.807) is 0 Å². The Morgan fingerprint density at radius 3 is 1.27 bits per heavy atom. The Morgan fingerprint density at radius 2 is 0.784 bits per heavy atom. The summed E-state index contributed by atoms with van der Waals surface area (Å²) in [6, 6.07) is 62.7. The lowest BCUT2D eigenvalue weighted by Crippen LogP contribution is -1.97. The van der Waals surface area contributed by atoms with Crippen LogP contribution in [-0.2, 0) is 0 Å². The lowest BCUT2D eigenvalue weighted by molar-refractivity contribution is 0.749. The molecule has 1 atom stereocenters. The second-order valence-electron chi connectivity index (χ2n) is 13.4. The number of benzene rings is 7. The third-order valence-electron chi connectivity index (χ3n) is 9.87. The highest BCUT2D eigenvalue weighted by atomic mass is 14.2. The molecule has 1 unspecified atom stereocenters. The van der Waals surface area contributed by atoms with Crippen LogP contribution in [-0.4, -0.2) is 0 Å². The van der Waals surface area contributed by atoms with Gasteiger partial charge in [0.1, 0.15) is 0 Å². The minimum Gasteiger partial charge on any atom is -0.192 e. The number of rotatable bonds is 7. The number of hydrogen-bond acceptors (Lipinski definition) is 1. The first kappa shape index (κ1) is 31.8. The van der Waals surface area contributed by atoms with Crippen molar-refractivity contribution in [2.24, 2.45) is 5.92 Å². The van der Waals surface area contributed by atoms with Gasteiger partial charge in [0.05, 0.1) is 11.6 Å². The van der Waals surface area contributed by atoms with E-state index in [0.29, 0.717) is 11.5 Å². The van der Waals surface area contributed by atoms with Gasteiger partial charge in [-0.2, -0.15) is 5.26 Å². The maximum absolute atomic E-state index is 9.98. The van der Waals surface area contributed by atoms with Gasteiger partial charge in [-0.05, 0) is 121 Å². The Hall–Kier alpha value is -6.49. The first-order valence-corrected chi connectivity index (χ1v) is 17.6. The number of allylic oxidation sites excluding steroid dienone is 4. The zero-order chi connectivity index (χ0) is 34.6. The van der Waals surface area contributed by atoms with Crippen molar-refractivity contribution in [3.8, 4) is 72.8 Å². The van der Waals surface area contributed by atoms with Crippen molar-refractivity contribution >= 4 is 5.57 Å². The molecule has 51 heavy (non-hydrogen) atoms. The van der Waals surface area contributed by atoms with Crippen molar-refractivity contribution in [2.45, 2.75) is 13.3 Å². The Labute approximate surface area is 301 Å². The molecule has 0 bridgehead atoms. The maximum atomic E-state index is 9.98. The highest BCUT2D eigenvalue weighted by molar-refractivity contribution is 5.81. The van der Waals surface area contributed by atoms with Crippen LogP contribution in [0.15, 0.2) is 188 Å². The van der Waals surface area contributed by atoms with Crippen molar-refractivity contribution in [1.29, 1.82) is 5.26 Å². The van der Waals surface area contributed by atoms with Crippen LogP contribution in [0.4, 0.5) is 0 Å². The molecule has 0 saturated carbocycles. The topological polar surface area (TPSA) is 23.8 Å². The quantitative estimate of drug-likeness (QED) is 0.168. The van der Waals surface area contributed by atoms with E-state index in [-0.39, 0.29) is 0 Å². The van der Waals surface area contributed by atoms with Crippen molar-refractivity contribution in [3.63, 3.8) is 0 Å². The zero-order valence-electron chi connectivity index (χ0n) is 28.6. The standard InChI is InChI=1S/C50H37N/c1-35-8-5-11-44(28-35)39-20-22-41(23-21-39)45-12-6-13-46(31-45)42-24-26-43(27-25-42)49-29-36(34-51)30-50(33-49)48-15-7-14-47(32-48)40-18-16-38(17-19-40)37-9-3-2-4-10-37/h2-27,29-33,35H,28H2,1H3. The van der Waals surface area contributed by atoms with Crippen molar-refractivity contribution in [2.75, 3.05) is 0 Å². The fourth-order valence-electron chi connectivity index (χ4n) is 7.06. The highest BCUT2D eigenvalue weighted by Gasteiger charge is 2.11. The van der Waals surface area contributed by atoms with Gasteiger partial charge in [0.25, 0.3) is 0 Å². The first-order valence-electron chi connectivity index (χ1n) is 17.6. The summed E-state index contributed by atoms with van der Waals surface area (Å²) in [7, 11) is 0. The van der Waals surface area contributed by atoms with Gasteiger partial charge in [-0.15, -0.1) is 0 Å². The fraction of sp³-hybridized carbons (Fsp3) is 0.0600. The minimum absolute atomic E-state index is 0.581. The van der Waals surface area contributed by atoms with E-state index in [4.69, 9.17) is 0 Å². The predicted octanol–water partition coefficient (Wildman–Crippen LogP) is 13.5. The summed E-state index contributed by atoms with van der Waals surface area (Å²) in [6.45, 7) is 2.27. The maximum Gasteiger partial charge on any atom is 0.0992 e. The summed E-state index contributed by atoms with van der Waals surface area (Å²) in [6.07, 6.45) is 7.77. The van der Waals surface area contributed by atoms with Crippen LogP contribution in [0.25, 0.3) is 72.3 Å². The van der Waals surface area contributed by atoms with Crippen molar-refractivity contribution < 1.29 is 0 Å². The Kier molecular flexibility index (Phi) is 8.82. The molecule has 0 spiro atoms. The largest absolute Gasteiger partial charge is 0.192 e. The molecule has 242 valence electrons. The van der Waals surface area contributed by atoms with Crippen LogP contribution in [0.2, 0.25) is 0 Å². The third-order valence-corrected chi connectivity index (χ3v) is 9.87. The van der Waals surface area contributed by atoms with Gasteiger partial charge in [0, 0.05) is 0 Å². The molecule has 7 aromatic carbocycles. The average Bonchev–Trinajstić information content (AvgIpc) is 3.21. The van der Waals surface area contributed by atoms with Crippen LogP contribution in [0.5, 0.6) is 0 Å². The minimum atomic E-state index is 0.581. The average molecular weight is 652 g/mol. The molecule has 0 heterocycles. The molecule has 0 aromatic heterocycles. The van der Waals surface area contributed by atoms with Gasteiger partial charge in [0.15, 0.2) is 0 Å². The van der Waals surface area contributed by atoms with E-state index in [1.165, 1.54) is 39.0 Å². The zero-order valence-corrected chi connectivity index (χ0v) is 28.6. The van der Waals surface area contributed by atoms with Gasteiger partial charge in [-0.1, -0.05) is 165 Å². The van der Waals surface area contributed by atoms with E-state index in [9.17, 15) is 5.26 Å². The van der Waals surface area contributed by atoms with Crippen LogP contribution >= 0.6 is 0 Å². The van der Waals surface area contributed by atoms with Crippen molar-refractivity contribution in [1.82, 2.24) is 0 Å². The fourth-order valence-corrected chi connectivity index (χ4v) is 7.06. The molecular formula is C50H37N. The van der Waals surface area contributed by atoms with Crippen molar-refractivity contribution in [3.05, 3.63) is 199 Å². The summed E-state index contributed by atoms with van der Waals surface area (Å²) in [5.74, 6) is 0.581. The third kappa shape index (κ3) is 7.00. The molecule has 1 aliphatic carbocycles. The summed E-state index contributed by atoms with van der Waals surface area (Å²) < 4.78 is 0. The summed E-state index contributed by atoms with van der Waals surface area (Å²) in [4.78, 5) is 0. The molecule has 0 aliphatic heterocycles. The molecule has 7 aromatic rings. The predicted molar refractivity (Wildman–Crippen MR) is 215 cm³/mol. The molecule has 1 aliphatic rings. The van der Waals surface area contributed by atoms with Gasteiger partial charge >= 0.3 is 0 Å². The SMILES string of the molecule is CC1C=CC=C(c2ccc(-c3cccc(-c4ccc(-c5cc(C#N)cc(-c6cccc(-c7ccc(-c8ccccc8)cc7)c6)c5)cc4)c3)cc2)C1. The van der Waals surface area contributed by atoms with Gasteiger partial charge in [-0.25, -0.2) is 0 Å². The smallest absolute Gasteiger partial charge is 0.0992 e. The molecule has 0 N–H and O–H groups in total. The Bertz CT molecular complexity index is 2420. The van der Waals surface area contributed by atoms with E-state index in [2.05, 4.69) is 183 Å². The molecule has 1 heteroatoms. The molecular weight excluding hydrogens is 615 g/mol. The monoisotopic (exact) mass is 651 g/mol. The van der Waals surface area contributed by atoms with Crippen LogP contribution in [0.1, 0.15) is 24.5 Å². The summed E-state index contributed by atoms with van der Waals surface area (Å²) in [5, 5.41) is 9.98. The highest BCUT2D eigenvalue weighted by Crippen LogP contribution is 2.34. The lowest BCUT2D eigenvalue weighted by atomic mass is 9.90. The summed E-state index contributed by atoms with van der Waals surface area (Å²) in [5.41, 5.74) is 17.0. The second-order valence-corrected chi connectivity index (χ2v) is 13.4. The Balaban J connectivity index is 1.03. The van der Waals surface area contributed by atoms with Crippen LogP contribution in [0, 0.1) is 17.2 Å². The van der Waals surface area contributed by atoms with E-state index in [0.717, 1.165) is 45.4 Å². The number of nitriles is 1. The normalized spacial score (nSPS) is 13.7. The lowest BCUT2D eigenvalue weighted by Gasteiger charge is -2.15. The van der Waals surface area contributed by atoms with Crippen LogP contribution < -0.4 is 0 Å². The Morgan fingerprint density at radius 1 is 0.412 bits per heavy atom. The molecule has 0 saturated heterocycles. The molecule has 1 nitrogen and oxygen atoms in total. The summed E-state index contributed by atoms with van der Waals surface area (Å²) >= 11 is 0. The number of hydrogen-bond donors (Lipinski definition) is 0. The van der Waals surface area contributed by atoms with E-state index in [1.807, 2.05) is 18.2 Å². The molecule has 0 fully saturated rings. The van der Waals surface area contributed by atoms with E-state index >= 15 is 0 Å². The molecule has 8 rings (SSSR count). The number of nitrogens with zero attached hydrogens (tertiary/aromatic N) is 1. The first-order chi connectivity index (χ1) is 25.1. The van der Waals surface area contributed by atoms with Gasteiger partial charge in [0.2, 0.25) is 0 Å².